The lowest BCUT2D eigenvalue weighted by Crippen LogP contribution is -2.45. The van der Waals surface area contributed by atoms with E-state index in [1.165, 1.54) is 0 Å². The summed E-state index contributed by atoms with van der Waals surface area (Å²) < 4.78 is 0. The molecule has 1 aromatic carbocycles. The zero-order chi connectivity index (χ0) is 17.0. The summed E-state index contributed by atoms with van der Waals surface area (Å²) >= 11 is 0. The molecule has 2 rings (SSSR count). The maximum Gasteiger partial charge on any atom is 0.242 e. The minimum atomic E-state index is -0.542. The van der Waals surface area contributed by atoms with E-state index >= 15 is 0 Å². The van der Waals surface area contributed by atoms with Gasteiger partial charge in [-0.25, -0.2) is 0 Å². The molecule has 0 saturated carbocycles. The molecule has 0 aromatic heterocycles. The van der Waals surface area contributed by atoms with Crippen molar-refractivity contribution in [3.05, 3.63) is 35.9 Å². The highest BCUT2D eigenvalue weighted by molar-refractivity contribution is 5.84. The first kappa shape index (κ1) is 17.8. The first-order chi connectivity index (χ1) is 11.8. The quantitative estimate of drug-likeness (QED) is 0.352. The zero-order valence-corrected chi connectivity index (χ0v) is 13.8. The molecule has 1 aromatic rings. The largest absolute Gasteiger partial charge is 0.356 e. The Bertz CT molecular complexity index is 547. The van der Waals surface area contributed by atoms with E-state index in [0.29, 0.717) is 19.4 Å². The minimum Gasteiger partial charge on any atom is -0.356 e. The third kappa shape index (κ3) is 6.28. The molecular weight excluding hydrogens is 306 g/mol. The number of unbranched alkanes of at least 4 members (excludes halogenated alkanes) is 1. The fourth-order valence-corrected chi connectivity index (χ4v) is 2.47. The summed E-state index contributed by atoms with van der Waals surface area (Å²) in [5, 5.41) is 11.8. The van der Waals surface area contributed by atoms with E-state index in [9.17, 15) is 9.59 Å². The van der Waals surface area contributed by atoms with Gasteiger partial charge in [-0.15, -0.1) is 0 Å². The van der Waals surface area contributed by atoms with Crippen molar-refractivity contribution in [2.75, 3.05) is 26.2 Å². The molecule has 1 unspecified atom stereocenters. The second kappa shape index (κ2) is 10.3. The number of guanidine groups is 1. The van der Waals surface area contributed by atoms with E-state index in [1.54, 1.807) is 0 Å². The maximum absolute atomic E-state index is 12.2. The monoisotopic (exact) mass is 331 g/mol. The van der Waals surface area contributed by atoms with Crippen molar-refractivity contribution in [2.24, 2.45) is 4.99 Å². The number of nitrogens with one attached hydrogen (secondary N) is 4. The highest BCUT2D eigenvalue weighted by atomic mass is 16.2. The van der Waals surface area contributed by atoms with Crippen LogP contribution >= 0.6 is 0 Å². The third-order valence-electron chi connectivity index (χ3n) is 3.74. The van der Waals surface area contributed by atoms with Crippen LogP contribution in [0, 0.1) is 0 Å². The predicted molar refractivity (Wildman–Crippen MR) is 93.7 cm³/mol. The molecule has 2 amide bonds. The van der Waals surface area contributed by atoms with Crippen molar-refractivity contribution in [3.63, 3.8) is 0 Å². The summed E-state index contributed by atoms with van der Waals surface area (Å²) in [7, 11) is 0. The molecule has 1 aliphatic heterocycles. The van der Waals surface area contributed by atoms with Crippen LogP contribution in [0.15, 0.2) is 35.3 Å². The molecule has 1 atom stereocenters. The molecule has 0 aliphatic carbocycles. The van der Waals surface area contributed by atoms with E-state index in [-0.39, 0.29) is 5.91 Å². The Hall–Kier alpha value is -2.57. The van der Waals surface area contributed by atoms with Crippen LogP contribution in [0.4, 0.5) is 0 Å². The SMILES string of the molecule is O=CNC(Cc1ccccc1)C(=O)NCCCCNC1=NCCN1. The topological polar surface area (TPSA) is 94.6 Å². The van der Waals surface area contributed by atoms with Gasteiger partial charge in [0.1, 0.15) is 6.04 Å². The summed E-state index contributed by atoms with van der Waals surface area (Å²) in [6.07, 6.45) is 2.86. The van der Waals surface area contributed by atoms with Crippen molar-refractivity contribution in [2.45, 2.75) is 25.3 Å². The molecule has 1 aliphatic rings. The molecule has 24 heavy (non-hydrogen) atoms. The van der Waals surface area contributed by atoms with Gasteiger partial charge in [-0.1, -0.05) is 30.3 Å². The first-order valence-electron chi connectivity index (χ1n) is 8.33. The number of hydrogen-bond acceptors (Lipinski definition) is 5. The fourth-order valence-electron chi connectivity index (χ4n) is 2.47. The molecule has 0 bridgehead atoms. The Kier molecular flexibility index (Phi) is 7.59. The van der Waals surface area contributed by atoms with E-state index in [1.807, 2.05) is 30.3 Å². The van der Waals surface area contributed by atoms with Crippen molar-refractivity contribution >= 4 is 18.3 Å². The number of nitrogens with zero attached hydrogens (tertiary/aromatic N) is 1. The van der Waals surface area contributed by atoms with Crippen LogP contribution in [0.3, 0.4) is 0 Å². The summed E-state index contributed by atoms with van der Waals surface area (Å²) in [4.78, 5) is 27.2. The van der Waals surface area contributed by atoms with Crippen LogP contribution in [0.1, 0.15) is 18.4 Å². The van der Waals surface area contributed by atoms with Gasteiger partial charge in [0.25, 0.3) is 0 Å². The predicted octanol–water partition coefficient (Wildman–Crippen LogP) is -0.211. The van der Waals surface area contributed by atoms with Crippen LogP contribution in [0.2, 0.25) is 0 Å². The van der Waals surface area contributed by atoms with Gasteiger partial charge in [-0.05, 0) is 18.4 Å². The van der Waals surface area contributed by atoms with Crippen LogP contribution in [-0.4, -0.2) is 50.5 Å². The molecule has 7 heteroatoms. The molecule has 4 N–H and O–H groups in total. The second-order valence-corrected chi connectivity index (χ2v) is 5.61. The molecule has 0 spiro atoms. The van der Waals surface area contributed by atoms with Gasteiger partial charge < -0.3 is 21.3 Å². The Morgan fingerprint density at radius 2 is 2.04 bits per heavy atom. The Labute approximate surface area is 142 Å². The highest BCUT2D eigenvalue weighted by Gasteiger charge is 2.17. The van der Waals surface area contributed by atoms with Gasteiger partial charge in [-0.3, -0.25) is 14.6 Å². The van der Waals surface area contributed by atoms with E-state index in [0.717, 1.165) is 44.0 Å². The number of aliphatic imine (C=N–C) groups is 1. The molecule has 0 saturated heterocycles. The number of hydrogen-bond donors (Lipinski definition) is 4. The Balaban J connectivity index is 1.63. The lowest BCUT2D eigenvalue weighted by molar-refractivity contribution is -0.125. The molecule has 7 nitrogen and oxygen atoms in total. The maximum atomic E-state index is 12.2. The smallest absolute Gasteiger partial charge is 0.242 e. The number of amides is 2. The van der Waals surface area contributed by atoms with Gasteiger partial charge in [0.15, 0.2) is 5.96 Å². The lowest BCUT2D eigenvalue weighted by Gasteiger charge is -2.16. The van der Waals surface area contributed by atoms with Crippen molar-refractivity contribution < 1.29 is 9.59 Å². The normalized spacial score (nSPS) is 14.2. The number of rotatable bonds is 10. The average molecular weight is 331 g/mol. The van der Waals surface area contributed by atoms with Gasteiger partial charge in [0.2, 0.25) is 12.3 Å². The summed E-state index contributed by atoms with van der Waals surface area (Å²) in [6.45, 7) is 3.13. The average Bonchev–Trinajstić information content (AvgIpc) is 3.12. The van der Waals surface area contributed by atoms with Crippen molar-refractivity contribution in [1.29, 1.82) is 0 Å². The number of carbonyl (C=O) groups is 2. The molecule has 0 fully saturated rings. The fraction of sp³-hybridized carbons (Fsp3) is 0.471. The van der Waals surface area contributed by atoms with Gasteiger partial charge in [0.05, 0.1) is 6.54 Å². The van der Waals surface area contributed by atoms with Gasteiger partial charge in [0, 0.05) is 26.1 Å². The van der Waals surface area contributed by atoms with Crippen LogP contribution in [-0.2, 0) is 16.0 Å². The highest BCUT2D eigenvalue weighted by Crippen LogP contribution is 2.03. The van der Waals surface area contributed by atoms with Crippen LogP contribution in [0.5, 0.6) is 0 Å². The Morgan fingerprint density at radius 3 is 2.75 bits per heavy atom. The summed E-state index contributed by atoms with van der Waals surface area (Å²) in [6, 6.07) is 9.10. The van der Waals surface area contributed by atoms with Crippen molar-refractivity contribution in [1.82, 2.24) is 21.3 Å². The second-order valence-electron chi connectivity index (χ2n) is 5.61. The Morgan fingerprint density at radius 1 is 1.25 bits per heavy atom. The number of carbonyl (C=O) groups excluding carboxylic acids is 2. The standard InChI is InChI=1S/C17H25N5O2/c23-13-22-15(12-14-6-2-1-3-7-14)16(24)18-8-4-5-9-19-17-20-10-11-21-17/h1-3,6-7,13,15H,4-5,8-12H2,(H,18,24)(H,22,23)(H2,19,20,21). The summed E-state index contributed by atoms with van der Waals surface area (Å²) in [5.41, 5.74) is 1.01. The number of benzene rings is 1. The van der Waals surface area contributed by atoms with Crippen molar-refractivity contribution in [3.8, 4) is 0 Å². The molecule has 1 heterocycles. The van der Waals surface area contributed by atoms with Crippen LogP contribution < -0.4 is 21.3 Å². The van der Waals surface area contributed by atoms with Crippen LogP contribution in [0.25, 0.3) is 0 Å². The molecule has 130 valence electrons. The lowest BCUT2D eigenvalue weighted by atomic mass is 10.1. The van der Waals surface area contributed by atoms with E-state index < -0.39 is 6.04 Å². The first-order valence-corrected chi connectivity index (χ1v) is 8.33. The van der Waals surface area contributed by atoms with E-state index in [4.69, 9.17) is 0 Å². The molecule has 0 radical (unpaired) electrons. The summed E-state index contributed by atoms with van der Waals surface area (Å²) in [5.74, 6) is 0.706. The van der Waals surface area contributed by atoms with E-state index in [2.05, 4.69) is 26.3 Å². The molecular formula is C17H25N5O2. The minimum absolute atomic E-state index is 0.152. The van der Waals surface area contributed by atoms with Gasteiger partial charge in [-0.2, -0.15) is 0 Å². The van der Waals surface area contributed by atoms with Gasteiger partial charge >= 0.3 is 0 Å². The zero-order valence-electron chi connectivity index (χ0n) is 13.8. The third-order valence-corrected chi connectivity index (χ3v) is 3.74.